The van der Waals surface area contributed by atoms with Gasteiger partial charge in [-0.05, 0) is 50.8 Å². The lowest BCUT2D eigenvalue weighted by molar-refractivity contribution is -0.136. The molecule has 2 atom stereocenters. The molecule has 0 aromatic heterocycles. The highest BCUT2D eigenvalue weighted by Gasteiger charge is 2.33. The van der Waals surface area contributed by atoms with Gasteiger partial charge in [0.25, 0.3) is 0 Å². The third kappa shape index (κ3) is 5.59. The molecule has 2 aromatic rings. The standard InChI is InChI=1S/C24H30N2O3/c1-17-14-19-12-8-9-13-20(19)16-26(17)22(27)21(15-18-10-6-5-7-11-18)25-23(28)29-24(2,3)4/h5-13,17,21H,14-16H2,1-4H3,(H,25,28)/t17-,21?/m1/s1. The van der Waals surface area contributed by atoms with Crippen LogP contribution in [0.25, 0.3) is 0 Å². The zero-order valence-electron chi connectivity index (χ0n) is 17.6. The first kappa shape index (κ1) is 20.9. The van der Waals surface area contributed by atoms with Crippen LogP contribution in [-0.2, 0) is 28.9 Å². The number of alkyl carbamates (subject to hydrolysis) is 1. The lowest BCUT2D eigenvalue weighted by atomic mass is 9.93. The molecule has 5 nitrogen and oxygen atoms in total. The molecule has 29 heavy (non-hydrogen) atoms. The first-order valence-corrected chi connectivity index (χ1v) is 10.1. The topological polar surface area (TPSA) is 58.6 Å². The number of hydrogen-bond acceptors (Lipinski definition) is 3. The molecule has 0 aliphatic carbocycles. The monoisotopic (exact) mass is 394 g/mol. The van der Waals surface area contributed by atoms with Crippen LogP contribution >= 0.6 is 0 Å². The Labute approximate surface area is 173 Å². The average Bonchev–Trinajstić information content (AvgIpc) is 2.65. The highest BCUT2D eigenvalue weighted by molar-refractivity contribution is 5.86. The van der Waals surface area contributed by atoms with E-state index < -0.39 is 17.7 Å². The molecule has 1 aliphatic rings. The van der Waals surface area contributed by atoms with E-state index >= 15 is 0 Å². The molecule has 0 saturated carbocycles. The minimum Gasteiger partial charge on any atom is -0.444 e. The first-order chi connectivity index (χ1) is 13.7. The predicted octanol–water partition coefficient (Wildman–Crippen LogP) is 4.10. The SMILES string of the molecule is C[C@@H]1Cc2ccccc2CN1C(=O)C(Cc1ccccc1)NC(=O)OC(C)(C)C. The van der Waals surface area contributed by atoms with Gasteiger partial charge in [-0.2, -0.15) is 0 Å². The van der Waals surface area contributed by atoms with Crippen molar-refractivity contribution in [3.8, 4) is 0 Å². The second-order valence-electron chi connectivity index (χ2n) is 8.68. The minimum atomic E-state index is -0.681. The van der Waals surface area contributed by atoms with E-state index in [2.05, 4.69) is 24.4 Å². The fourth-order valence-electron chi connectivity index (χ4n) is 3.67. The number of nitrogens with zero attached hydrogens (tertiary/aromatic N) is 1. The van der Waals surface area contributed by atoms with Gasteiger partial charge >= 0.3 is 6.09 Å². The van der Waals surface area contributed by atoms with Gasteiger partial charge in [-0.3, -0.25) is 4.79 Å². The van der Waals surface area contributed by atoms with E-state index in [9.17, 15) is 9.59 Å². The second kappa shape index (κ2) is 8.68. The van der Waals surface area contributed by atoms with Crippen molar-refractivity contribution in [3.63, 3.8) is 0 Å². The summed E-state index contributed by atoms with van der Waals surface area (Å²) in [5.74, 6) is -0.0817. The van der Waals surface area contributed by atoms with Gasteiger partial charge in [0.1, 0.15) is 11.6 Å². The number of nitrogens with one attached hydrogen (secondary N) is 1. The predicted molar refractivity (Wildman–Crippen MR) is 113 cm³/mol. The van der Waals surface area contributed by atoms with Crippen LogP contribution < -0.4 is 5.32 Å². The molecule has 1 aliphatic heterocycles. The maximum absolute atomic E-state index is 13.5. The molecule has 0 saturated heterocycles. The molecule has 2 aromatic carbocycles. The third-order valence-electron chi connectivity index (χ3n) is 5.06. The zero-order chi connectivity index (χ0) is 21.0. The van der Waals surface area contributed by atoms with Crippen LogP contribution in [0.2, 0.25) is 0 Å². The Hall–Kier alpha value is -2.82. The minimum absolute atomic E-state index is 0.0658. The van der Waals surface area contributed by atoms with Crippen LogP contribution in [0.15, 0.2) is 54.6 Å². The van der Waals surface area contributed by atoms with Crippen LogP contribution in [0.4, 0.5) is 4.79 Å². The Morgan fingerprint density at radius 1 is 1.07 bits per heavy atom. The van der Waals surface area contributed by atoms with Gasteiger partial charge < -0.3 is 15.0 Å². The van der Waals surface area contributed by atoms with Crippen molar-refractivity contribution in [2.45, 2.75) is 64.8 Å². The number of amides is 2. The number of benzene rings is 2. The number of rotatable bonds is 4. The summed E-state index contributed by atoms with van der Waals surface area (Å²) in [5.41, 5.74) is 2.81. The van der Waals surface area contributed by atoms with Crippen molar-refractivity contribution in [2.75, 3.05) is 0 Å². The van der Waals surface area contributed by atoms with Crippen molar-refractivity contribution >= 4 is 12.0 Å². The fraction of sp³-hybridized carbons (Fsp3) is 0.417. The molecule has 3 rings (SSSR count). The molecule has 0 fully saturated rings. The summed E-state index contributed by atoms with van der Waals surface area (Å²) in [6, 6.07) is 17.3. The van der Waals surface area contributed by atoms with E-state index in [0.717, 1.165) is 17.5 Å². The van der Waals surface area contributed by atoms with Gasteiger partial charge in [0.15, 0.2) is 0 Å². The summed E-state index contributed by atoms with van der Waals surface area (Å²) in [6.45, 7) is 8.04. The van der Waals surface area contributed by atoms with E-state index in [1.807, 2.05) is 68.1 Å². The molecular formula is C24H30N2O3. The van der Waals surface area contributed by atoms with Crippen molar-refractivity contribution in [1.82, 2.24) is 10.2 Å². The van der Waals surface area contributed by atoms with Gasteiger partial charge in [0.2, 0.25) is 5.91 Å². The smallest absolute Gasteiger partial charge is 0.408 e. The molecule has 0 bridgehead atoms. The van der Waals surface area contributed by atoms with E-state index in [1.165, 1.54) is 5.56 Å². The highest BCUT2D eigenvalue weighted by atomic mass is 16.6. The number of carbonyl (C=O) groups excluding carboxylic acids is 2. The van der Waals surface area contributed by atoms with Crippen molar-refractivity contribution in [2.24, 2.45) is 0 Å². The normalized spacial score (nSPS) is 17.2. The van der Waals surface area contributed by atoms with E-state index in [0.29, 0.717) is 13.0 Å². The molecule has 1 N–H and O–H groups in total. The summed E-state index contributed by atoms with van der Waals surface area (Å²) < 4.78 is 5.41. The van der Waals surface area contributed by atoms with Gasteiger partial charge in [0, 0.05) is 19.0 Å². The van der Waals surface area contributed by atoms with Crippen molar-refractivity contribution in [3.05, 3.63) is 71.3 Å². The zero-order valence-corrected chi connectivity index (χ0v) is 17.6. The van der Waals surface area contributed by atoms with Gasteiger partial charge in [-0.15, -0.1) is 0 Å². The molecule has 2 amide bonds. The van der Waals surface area contributed by atoms with E-state index in [1.54, 1.807) is 0 Å². The Morgan fingerprint density at radius 2 is 1.69 bits per heavy atom. The lowest BCUT2D eigenvalue weighted by Crippen LogP contribution is -2.54. The maximum Gasteiger partial charge on any atom is 0.408 e. The van der Waals surface area contributed by atoms with E-state index in [4.69, 9.17) is 4.74 Å². The lowest BCUT2D eigenvalue weighted by Gasteiger charge is -2.37. The Bertz CT molecular complexity index is 858. The molecule has 1 heterocycles. The number of hydrogen-bond donors (Lipinski definition) is 1. The number of fused-ring (bicyclic) bond motifs is 1. The van der Waals surface area contributed by atoms with E-state index in [-0.39, 0.29) is 11.9 Å². The van der Waals surface area contributed by atoms with Crippen molar-refractivity contribution < 1.29 is 14.3 Å². The third-order valence-corrected chi connectivity index (χ3v) is 5.06. The van der Waals surface area contributed by atoms with Crippen LogP contribution in [0.3, 0.4) is 0 Å². The summed E-state index contributed by atoms with van der Waals surface area (Å²) in [5, 5.41) is 2.81. The Morgan fingerprint density at radius 3 is 2.34 bits per heavy atom. The van der Waals surface area contributed by atoms with Crippen molar-refractivity contribution in [1.29, 1.82) is 0 Å². The molecular weight excluding hydrogens is 364 g/mol. The first-order valence-electron chi connectivity index (χ1n) is 10.1. The highest BCUT2D eigenvalue weighted by Crippen LogP contribution is 2.24. The average molecular weight is 395 g/mol. The van der Waals surface area contributed by atoms with Crippen LogP contribution in [0, 0.1) is 0 Å². The van der Waals surface area contributed by atoms with Crippen LogP contribution in [-0.4, -0.2) is 34.6 Å². The molecule has 154 valence electrons. The summed E-state index contributed by atoms with van der Waals surface area (Å²) in [4.78, 5) is 27.8. The number of carbonyl (C=O) groups is 2. The maximum atomic E-state index is 13.5. The van der Waals surface area contributed by atoms with Gasteiger partial charge in [-0.1, -0.05) is 54.6 Å². The van der Waals surface area contributed by atoms with Crippen LogP contribution in [0.1, 0.15) is 44.4 Å². The largest absolute Gasteiger partial charge is 0.444 e. The molecule has 0 radical (unpaired) electrons. The second-order valence-corrected chi connectivity index (χ2v) is 8.68. The molecule has 1 unspecified atom stereocenters. The molecule has 5 heteroatoms. The quantitative estimate of drug-likeness (QED) is 0.849. The fourth-order valence-corrected chi connectivity index (χ4v) is 3.67. The summed E-state index contributed by atoms with van der Waals surface area (Å²) in [6.07, 6.45) is 0.660. The van der Waals surface area contributed by atoms with Gasteiger partial charge in [-0.25, -0.2) is 4.79 Å². The molecule has 0 spiro atoms. The van der Waals surface area contributed by atoms with Gasteiger partial charge in [0.05, 0.1) is 0 Å². The summed E-state index contributed by atoms with van der Waals surface area (Å²) in [7, 11) is 0. The Balaban J connectivity index is 1.80. The number of ether oxygens (including phenoxy) is 1. The van der Waals surface area contributed by atoms with Crippen LogP contribution in [0.5, 0.6) is 0 Å². The Kier molecular flexibility index (Phi) is 6.26. The summed E-state index contributed by atoms with van der Waals surface area (Å²) >= 11 is 0.